The fraction of sp³-hybridized carbons (Fsp3) is 0.667. The summed E-state index contributed by atoms with van der Waals surface area (Å²) < 4.78 is 13.6. The molecule has 0 aromatic heterocycles. The molecule has 34 valence electrons. The first kappa shape index (κ1) is 3.61. The normalized spacial score (nSPS) is 20.0. The topological polar surface area (TPSA) is 29.8 Å². The van der Waals surface area contributed by atoms with Crippen LogP contribution in [-0.4, -0.2) is 20.1 Å². The second-order valence-corrected chi connectivity index (χ2v) is 0.869. The molecule has 0 aliphatic carbocycles. The molecule has 1 heterocycles. The van der Waals surface area contributed by atoms with E-state index < -0.39 is 0 Å². The fourth-order valence-corrected chi connectivity index (χ4v) is 0.234. The summed E-state index contributed by atoms with van der Waals surface area (Å²) in [5.41, 5.74) is 0. The zero-order valence-corrected chi connectivity index (χ0v) is 3.22. The number of cyclic esters (lactones) is 1. The monoisotopic (exact) mass is 89.0 g/mol. The van der Waals surface area contributed by atoms with E-state index in [4.69, 9.17) is 0 Å². The van der Waals surface area contributed by atoms with Crippen molar-refractivity contribution in [2.24, 2.45) is 0 Å². The average molecular weight is 89.1 g/mol. The van der Waals surface area contributed by atoms with Crippen LogP contribution in [0.3, 0.4) is 0 Å². The van der Waals surface area contributed by atoms with Gasteiger partial charge in [-0.3, -0.25) is 13.9 Å². The molecule has 0 saturated carbocycles. The predicted molar refractivity (Wildman–Crippen MR) is 18.0 cm³/mol. The first-order valence-corrected chi connectivity index (χ1v) is 1.63. The van der Waals surface area contributed by atoms with Crippen LogP contribution in [0.5, 0.6) is 0 Å². The molecule has 0 N–H and O–H groups in total. The molecule has 0 unspecified atom stereocenters. The summed E-state index contributed by atoms with van der Waals surface area (Å²) in [5.74, 6) is 0. The molecule has 0 radical (unpaired) electrons. The fourth-order valence-electron chi connectivity index (χ4n) is 0.234. The lowest BCUT2D eigenvalue weighted by atomic mass is 11.2. The Bertz CT molecular complexity index is 51.1. The molecular formula is C3H5O3+. The van der Waals surface area contributed by atoms with Crippen molar-refractivity contribution in [2.45, 2.75) is 0 Å². The number of carbonyl (C=O) groups excluding carboxylic acids is 1. The number of rotatable bonds is 0. The van der Waals surface area contributed by atoms with Gasteiger partial charge in [0.2, 0.25) is 0 Å². The Balaban J connectivity index is 2.26. The molecule has 0 bridgehead atoms. The van der Waals surface area contributed by atoms with Crippen LogP contribution >= 0.6 is 0 Å². The van der Waals surface area contributed by atoms with Crippen LogP contribution in [0.4, 0.5) is 0 Å². The van der Waals surface area contributed by atoms with Gasteiger partial charge >= 0.3 is 6.47 Å². The van der Waals surface area contributed by atoms with E-state index in [1.54, 1.807) is 0 Å². The van der Waals surface area contributed by atoms with Crippen molar-refractivity contribution in [3.8, 4) is 0 Å². The Kier molecular flexibility index (Phi) is 1.06. The molecular weight excluding hydrogens is 84.0 g/mol. The number of ether oxygens (including phenoxy) is 2. The highest BCUT2D eigenvalue weighted by molar-refractivity contribution is 5.37. The summed E-state index contributed by atoms with van der Waals surface area (Å²) in [7, 11) is 0. The van der Waals surface area contributed by atoms with Gasteiger partial charge in [-0.15, -0.1) is 0 Å². The van der Waals surface area contributed by atoms with E-state index in [2.05, 4.69) is 13.9 Å². The van der Waals surface area contributed by atoms with Crippen LogP contribution in [0.2, 0.25) is 0 Å². The van der Waals surface area contributed by atoms with Gasteiger partial charge in [0.1, 0.15) is 0 Å². The zero-order chi connectivity index (χ0) is 4.24. The third-order valence-corrected chi connectivity index (χ3v) is 0.439. The smallest absolute Gasteiger partial charge is 0.295 e. The van der Waals surface area contributed by atoms with E-state index in [0.717, 1.165) is 0 Å². The third-order valence-electron chi connectivity index (χ3n) is 0.439. The first-order valence-electron chi connectivity index (χ1n) is 1.63. The Morgan fingerprint density at radius 1 is 1.67 bits per heavy atom. The predicted octanol–water partition coefficient (Wildman–Crippen LogP) is -0.360. The largest absolute Gasteiger partial charge is 0.477 e. The van der Waals surface area contributed by atoms with Crippen molar-refractivity contribution in [3.05, 3.63) is 0 Å². The van der Waals surface area contributed by atoms with E-state index in [0.29, 0.717) is 13.6 Å². The van der Waals surface area contributed by atoms with E-state index in [9.17, 15) is 0 Å². The molecule has 6 heavy (non-hydrogen) atoms. The minimum Gasteiger partial charge on any atom is -0.295 e. The molecule has 0 aromatic carbocycles. The van der Waals surface area contributed by atoms with Gasteiger partial charge in [-0.05, 0) is 0 Å². The van der Waals surface area contributed by atoms with Gasteiger partial charge in [-0.1, -0.05) is 0 Å². The molecule has 1 aliphatic heterocycles. The second kappa shape index (κ2) is 1.77. The SMILES string of the molecule is C1=[O+]COCO1. The van der Waals surface area contributed by atoms with E-state index in [1.807, 2.05) is 0 Å². The molecule has 0 amide bonds. The van der Waals surface area contributed by atoms with Gasteiger partial charge in [0, 0.05) is 0 Å². The van der Waals surface area contributed by atoms with E-state index >= 15 is 0 Å². The van der Waals surface area contributed by atoms with Gasteiger partial charge in [-0.2, -0.15) is 0 Å². The van der Waals surface area contributed by atoms with Gasteiger partial charge < -0.3 is 0 Å². The van der Waals surface area contributed by atoms with Crippen molar-refractivity contribution >= 4 is 6.47 Å². The van der Waals surface area contributed by atoms with Gasteiger partial charge in [0.05, 0.1) is 0 Å². The summed E-state index contributed by atoms with van der Waals surface area (Å²) in [6, 6.07) is 0. The molecule has 3 heteroatoms. The average Bonchev–Trinajstić information content (AvgIpc) is 1.72. The Morgan fingerprint density at radius 2 is 2.67 bits per heavy atom. The molecule has 1 rings (SSSR count). The zero-order valence-electron chi connectivity index (χ0n) is 3.22. The maximum atomic E-state index is 4.59. The molecule has 0 aromatic rings. The van der Waals surface area contributed by atoms with Crippen LogP contribution in [0.25, 0.3) is 0 Å². The van der Waals surface area contributed by atoms with Crippen LogP contribution < -0.4 is 0 Å². The lowest BCUT2D eigenvalue weighted by Crippen LogP contribution is -2.07. The van der Waals surface area contributed by atoms with Crippen molar-refractivity contribution in [3.63, 3.8) is 0 Å². The van der Waals surface area contributed by atoms with Gasteiger partial charge in [-0.25, -0.2) is 0 Å². The summed E-state index contributed by atoms with van der Waals surface area (Å²) >= 11 is 0. The first-order chi connectivity index (χ1) is 3.00. The summed E-state index contributed by atoms with van der Waals surface area (Å²) in [6.07, 6.45) is 0. The van der Waals surface area contributed by atoms with Crippen molar-refractivity contribution in [1.29, 1.82) is 0 Å². The Labute approximate surface area is 35.2 Å². The van der Waals surface area contributed by atoms with Crippen molar-refractivity contribution < 1.29 is 13.9 Å². The van der Waals surface area contributed by atoms with Gasteiger partial charge in [0.25, 0.3) is 13.6 Å². The molecule has 0 fully saturated rings. The molecule has 0 saturated heterocycles. The lowest BCUT2D eigenvalue weighted by Gasteiger charge is -1.91. The highest BCUT2D eigenvalue weighted by atomic mass is 16.8. The quantitative estimate of drug-likeness (QED) is 0.299. The number of hydrogen-bond acceptors (Lipinski definition) is 2. The molecule has 3 nitrogen and oxygen atoms in total. The minimum absolute atomic E-state index is 0.319. The summed E-state index contributed by atoms with van der Waals surface area (Å²) in [6.45, 7) is 1.91. The summed E-state index contributed by atoms with van der Waals surface area (Å²) in [4.78, 5) is 0. The van der Waals surface area contributed by atoms with Crippen LogP contribution in [0.1, 0.15) is 0 Å². The lowest BCUT2D eigenvalue weighted by molar-refractivity contribution is -0.532. The highest BCUT2D eigenvalue weighted by Gasteiger charge is 1.98. The molecule has 0 spiro atoms. The van der Waals surface area contributed by atoms with Crippen molar-refractivity contribution in [2.75, 3.05) is 13.6 Å². The number of hydrogen-bond donors (Lipinski definition) is 0. The van der Waals surface area contributed by atoms with Crippen LogP contribution in [0, 0.1) is 0 Å². The molecule has 0 atom stereocenters. The van der Waals surface area contributed by atoms with E-state index in [1.165, 1.54) is 6.47 Å². The van der Waals surface area contributed by atoms with E-state index in [-0.39, 0.29) is 0 Å². The maximum absolute atomic E-state index is 4.59. The van der Waals surface area contributed by atoms with Crippen molar-refractivity contribution in [1.82, 2.24) is 0 Å². The third kappa shape index (κ3) is 0.687. The molecule has 1 aliphatic rings. The van der Waals surface area contributed by atoms with Crippen LogP contribution in [-0.2, 0) is 13.9 Å². The minimum atomic E-state index is 0.319. The van der Waals surface area contributed by atoms with Crippen LogP contribution in [0.15, 0.2) is 0 Å². The summed E-state index contributed by atoms with van der Waals surface area (Å²) in [5, 5.41) is 0. The second-order valence-electron chi connectivity index (χ2n) is 0.869. The highest BCUT2D eigenvalue weighted by Crippen LogP contribution is 1.77. The Morgan fingerprint density at radius 3 is 2.83 bits per heavy atom. The van der Waals surface area contributed by atoms with Gasteiger partial charge in [0.15, 0.2) is 0 Å². The Hall–Kier alpha value is -0.570. The maximum Gasteiger partial charge on any atom is 0.477 e. The standard InChI is InChI=1S/C3H5O3/c1-4-2-6-3-5-1/h1H,2-3H2/q+1.